The van der Waals surface area contributed by atoms with Gasteiger partial charge in [0.1, 0.15) is 0 Å². The van der Waals surface area contributed by atoms with E-state index < -0.39 is 0 Å². The molecule has 0 saturated carbocycles. The highest BCUT2D eigenvalue weighted by Crippen LogP contribution is 2.22. The summed E-state index contributed by atoms with van der Waals surface area (Å²) in [5.41, 5.74) is 1.72. The van der Waals surface area contributed by atoms with E-state index in [0.29, 0.717) is 22.7 Å². The number of thiazole rings is 1. The number of nitrogens with zero attached hydrogens (tertiary/aromatic N) is 2. The minimum absolute atomic E-state index is 0.170. The van der Waals surface area contributed by atoms with Crippen molar-refractivity contribution < 1.29 is 14.4 Å². The van der Waals surface area contributed by atoms with E-state index in [4.69, 9.17) is 0 Å². The number of carbonyl (C=O) groups is 3. The Morgan fingerprint density at radius 2 is 1.87 bits per heavy atom. The summed E-state index contributed by atoms with van der Waals surface area (Å²) in [7, 11) is 0. The maximum absolute atomic E-state index is 12.2. The number of carbonyl (C=O) groups excluding carboxylic acids is 3. The van der Waals surface area contributed by atoms with Crippen LogP contribution in [0.4, 0.5) is 5.13 Å². The second-order valence-electron chi connectivity index (χ2n) is 5.25. The van der Waals surface area contributed by atoms with Crippen molar-refractivity contribution in [2.45, 2.75) is 19.8 Å². The van der Waals surface area contributed by atoms with Crippen LogP contribution in [-0.2, 0) is 4.79 Å². The van der Waals surface area contributed by atoms with Crippen molar-refractivity contribution in [1.29, 1.82) is 0 Å². The predicted molar refractivity (Wildman–Crippen MR) is 86.5 cm³/mol. The summed E-state index contributed by atoms with van der Waals surface area (Å²) in [5, 5.41) is 5.13. The van der Waals surface area contributed by atoms with Gasteiger partial charge in [-0.25, -0.2) is 4.98 Å². The van der Waals surface area contributed by atoms with Gasteiger partial charge in [-0.15, -0.1) is 11.3 Å². The topological polar surface area (TPSA) is 79.4 Å². The maximum Gasteiger partial charge on any atom is 0.261 e. The fourth-order valence-corrected chi connectivity index (χ4v) is 3.14. The second kappa shape index (κ2) is 6.29. The van der Waals surface area contributed by atoms with Gasteiger partial charge in [0, 0.05) is 18.3 Å². The fourth-order valence-electron chi connectivity index (χ4n) is 2.43. The van der Waals surface area contributed by atoms with Gasteiger partial charge in [-0.1, -0.05) is 12.1 Å². The second-order valence-corrected chi connectivity index (χ2v) is 6.11. The molecule has 0 bridgehead atoms. The molecule has 6 nitrogen and oxygen atoms in total. The number of benzene rings is 1. The molecule has 0 atom stereocenters. The first-order valence-corrected chi connectivity index (χ1v) is 8.11. The van der Waals surface area contributed by atoms with Crippen LogP contribution in [0.1, 0.15) is 39.3 Å². The number of hydrogen-bond donors (Lipinski definition) is 1. The number of anilines is 1. The lowest BCUT2D eigenvalue weighted by Gasteiger charge is -2.13. The molecule has 0 fully saturated rings. The highest BCUT2D eigenvalue weighted by Gasteiger charge is 2.34. The molecular formula is C16H15N3O3S. The van der Waals surface area contributed by atoms with Crippen molar-refractivity contribution in [3.63, 3.8) is 0 Å². The molecule has 118 valence electrons. The van der Waals surface area contributed by atoms with Crippen molar-refractivity contribution in [2.75, 3.05) is 11.9 Å². The van der Waals surface area contributed by atoms with Gasteiger partial charge in [0.2, 0.25) is 5.91 Å². The van der Waals surface area contributed by atoms with Gasteiger partial charge in [-0.3, -0.25) is 19.3 Å². The fraction of sp³-hybridized carbons (Fsp3) is 0.250. The van der Waals surface area contributed by atoms with Crippen LogP contribution in [0.5, 0.6) is 0 Å². The SMILES string of the molecule is Cc1csc(NC(=O)CCCN2C(=O)c3ccccc3C2=O)n1. The molecule has 7 heteroatoms. The molecule has 1 aliphatic rings. The minimum atomic E-state index is -0.290. The molecule has 2 aromatic rings. The van der Waals surface area contributed by atoms with Crippen molar-refractivity contribution >= 4 is 34.2 Å². The van der Waals surface area contributed by atoms with Crippen molar-refractivity contribution in [3.05, 3.63) is 46.5 Å². The molecule has 1 aromatic heterocycles. The van der Waals surface area contributed by atoms with Crippen molar-refractivity contribution in [1.82, 2.24) is 9.88 Å². The van der Waals surface area contributed by atoms with Crippen LogP contribution in [0.15, 0.2) is 29.6 Å². The molecule has 0 unspecified atom stereocenters. The summed E-state index contributed by atoms with van der Waals surface area (Å²) in [6, 6.07) is 6.76. The molecule has 1 aromatic carbocycles. The Morgan fingerprint density at radius 1 is 1.22 bits per heavy atom. The van der Waals surface area contributed by atoms with E-state index in [1.54, 1.807) is 24.3 Å². The number of rotatable bonds is 5. The van der Waals surface area contributed by atoms with Crippen LogP contribution in [0, 0.1) is 6.92 Å². The molecule has 3 amide bonds. The molecule has 0 radical (unpaired) electrons. The molecule has 0 spiro atoms. The van der Waals surface area contributed by atoms with E-state index in [-0.39, 0.29) is 30.7 Å². The molecule has 3 rings (SSSR count). The smallest absolute Gasteiger partial charge is 0.261 e. The minimum Gasteiger partial charge on any atom is -0.302 e. The zero-order valence-corrected chi connectivity index (χ0v) is 13.4. The van der Waals surface area contributed by atoms with E-state index in [9.17, 15) is 14.4 Å². The largest absolute Gasteiger partial charge is 0.302 e. The zero-order valence-electron chi connectivity index (χ0n) is 12.5. The molecule has 2 heterocycles. The molecule has 1 aliphatic heterocycles. The summed E-state index contributed by atoms with van der Waals surface area (Å²) in [4.78, 5) is 41.5. The van der Waals surface area contributed by atoms with Gasteiger partial charge in [0.25, 0.3) is 11.8 Å². The average molecular weight is 329 g/mol. The van der Waals surface area contributed by atoms with Gasteiger partial charge in [0.15, 0.2) is 5.13 Å². The predicted octanol–water partition coefficient (Wildman–Crippen LogP) is 2.47. The van der Waals surface area contributed by atoms with Gasteiger partial charge in [0.05, 0.1) is 16.8 Å². The molecular weight excluding hydrogens is 314 g/mol. The first-order valence-electron chi connectivity index (χ1n) is 7.23. The standard InChI is InChI=1S/C16H15N3O3S/c1-10-9-23-16(17-10)18-13(20)7-4-8-19-14(21)11-5-2-3-6-12(11)15(19)22/h2-3,5-6,9H,4,7-8H2,1H3,(H,17,18,20). The highest BCUT2D eigenvalue weighted by molar-refractivity contribution is 7.13. The summed E-state index contributed by atoms with van der Waals surface area (Å²) in [6.45, 7) is 2.09. The van der Waals surface area contributed by atoms with E-state index in [2.05, 4.69) is 10.3 Å². The van der Waals surface area contributed by atoms with Gasteiger partial charge >= 0.3 is 0 Å². The Labute approximate surface area is 137 Å². The third kappa shape index (κ3) is 3.14. The molecule has 0 saturated heterocycles. The molecule has 1 N–H and O–H groups in total. The third-order valence-corrected chi connectivity index (χ3v) is 4.40. The van der Waals surface area contributed by atoms with E-state index in [1.807, 2.05) is 12.3 Å². The summed E-state index contributed by atoms with van der Waals surface area (Å²) in [5.74, 6) is -0.751. The summed E-state index contributed by atoms with van der Waals surface area (Å²) < 4.78 is 0. The van der Waals surface area contributed by atoms with Crippen LogP contribution in [0.25, 0.3) is 0 Å². The molecule has 0 aliphatic carbocycles. The monoisotopic (exact) mass is 329 g/mol. The first kappa shape index (κ1) is 15.4. The van der Waals surface area contributed by atoms with Crippen molar-refractivity contribution in [2.24, 2.45) is 0 Å². The van der Waals surface area contributed by atoms with Crippen LogP contribution in [0.2, 0.25) is 0 Å². The zero-order chi connectivity index (χ0) is 16.4. The Kier molecular flexibility index (Phi) is 4.20. The van der Waals surface area contributed by atoms with Crippen LogP contribution in [0.3, 0.4) is 0 Å². The quantitative estimate of drug-likeness (QED) is 0.855. The molecule has 23 heavy (non-hydrogen) atoms. The van der Waals surface area contributed by atoms with E-state index in [1.165, 1.54) is 16.2 Å². The average Bonchev–Trinajstić information content (AvgIpc) is 3.04. The Hall–Kier alpha value is -2.54. The lowest BCUT2D eigenvalue weighted by molar-refractivity contribution is -0.116. The Balaban J connectivity index is 1.52. The summed E-state index contributed by atoms with van der Waals surface area (Å²) in [6.07, 6.45) is 0.647. The Morgan fingerprint density at radius 3 is 2.43 bits per heavy atom. The lowest BCUT2D eigenvalue weighted by Crippen LogP contribution is -2.31. The number of aryl methyl sites for hydroxylation is 1. The van der Waals surface area contributed by atoms with Gasteiger partial charge in [-0.2, -0.15) is 0 Å². The maximum atomic E-state index is 12.2. The summed E-state index contributed by atoms with van der Waals surface area (Å²) >= 11 is 1.37. The lowest BCUT2D eigenvalue weighted by atomic mass is 10.1. The van der Waals surface area contributed by atoms with Gasteiger partial charge < -0.3 is 5.32 Å². The number of nitrogens with one attached hydrogen (secondary N) is 1. The normalized spacial score (nSPS) is 13.3. The van der Waals surface area contributed by atoms with E-state index >= 15 is 0 Å². The van der Waals surface area contributed by atoms with Gasteiger partial charge in [-0.05, 0) is 25.5 Å². The van der Waals surface area contributed by atoms with Crippen LogP contribution in [-0.4, -0.2) is 34.2 Å². The number of hydrogen-bond acceptors (Lipinski definition) is 5. The third-order valence-electron chi connectivity index (χ3n) is 3.53. The number of aromatic nitrogens is 1. The van der Waals surface area contributed by atoms with Crippen LogP contribution >= 0.6 is 11.3 Å². The first-order chi connectivity index (χ1) is 11.1. The number of amides is 3. The Bertz CT molecular complexity index is 749. The van der Waals surface area contributed by atoms with Crippen molar-refractivity contribution in [3.8, 4) is 0 Å². The number of imide groups is 1. The number of fused-ring (bicyclic) bond motifs is 1. The highest BCUT2D eigenvalue weighted by atomic mass is 32.1. The van der Waals surface area contributed by atoms with E-state index in [0.717, 1.165) is 5.69 Å². The van der Waals surface area contributed by atoms with Crippen LogP contribution < -0.4 is 5.32 Å².